The molecule has 32 heavy (non-hydrogen) atoms. The fourth-order valence-electron chi connectivity index (χ4n) is 3.30. The van der Waals surface area contributed by atoms with Crippen LogP contribution in [0.15, 0.2) is 78.2 Å². The van der Waals surface area contributed by atoms with Crippen molar-refractivity contribution in [3.05, 3.63) is 84.2 Å². The Morgan fingerprint density at radius 1 is 1.06 bits per heavy atom. The molecule has 160 valence electrons. The summed E-state index contributed by atoms with van der Waals surface area (Å²) in [6.07, 6.45) is 4.95. The molecule has 2 heterocycles. The minimum absolute atomic E-state index is 0.325. The summed E-state index contributed by atoms with van der Waals surface area (Å²) in [7, 11) is 1.59. The predicted molar refractivity (Wildman–Crippen MR) is 124 cm³/mol. The topological polar surface area (TPSA) is 85.7 Å². The predicted octanol–water partition coefficient (Wildman–Crippen LogP) is 4.47. The highest BCUT2D eigenvalue weighted by atomic mass is 16.5. The molecule has 0 radical (unpaired) electrons. The third-order valence-electron chi connectivity index (χ3n) is 4.80. The number of nitrogens with one attached hydrogen (secondary N) is 1. The molecule has 7 heteroatoms. The van der Waals surface area contributed by atoms with Crippen LogP contribution in [-0.4, -0.2) is 35.8 Å². The van der Waals surface area contributed by atoms with Gasteiger partial charge < -0.3 is 9.47 Å². The van der Waals surface area contributed by atoms with Gasteiger partial charge in [-0.05, 0) is 55.0 Å². The van der Waals surface area contributed by atoms with Crippen LogP contribution in [0.1, 0.15) is 22.8 Å². The number of carbonyl (C=O) groups excluding carboxylic acids is 1. The van der Waals surface area contributed by atoms with Crippen molar-refractivity contribution in [3.8, 4) is 22.8 Å². The number of hydrogen-bond donors (Lipinski definition) is 1. The first kappa shape index (κ1) is 21.0. The Balaban J connectivity index is 1.61. The average Bonchev–Trinajstić information content (AvgIpc) is 2.84. The normalized spacial score (nSPS) is 10.9. The summed E-state index contributed by atoms with van der Waals surface area (Å²) in [5, 5.41) is 4.88. The van der Waals surface area contributed by atoms with Gasteiger partial charge in [0.25, 0.3) is 5.91 Å². The molecular weight excluding hydrogens is 404 g/mol. The van der Waals surface area contributed by atoms with Gasteiger partial charge in [0.15, 0.2) is 11.5 Å². The Kier molecular flexibility index (Phi) is 6.36. The highest BCUT2D eigenvalue weighted by Gasteiger charge is 2.13. The number of pyridine rings is 2. The third kappa shape index (κ3) is 4.57. The average molecular weight is 426 g/mol. The number of carbonyl (C=O) groups is 1. The molecule has 2 aromatic carbocycles. The summed E-state index contributed by atoms with van der Waals surface area (Å²) in [5.41, 5.74) is 6.18. The van der Waals surface area contributed by atoms with Crippen LogP contribution in [0.4, 0.5) is 0 Å². The molecule has 0 bridgehead atoms. The van der Waals surface area contributed by atoms with Crippen LogP contribution >= 0.6 is 0 Å². The van der Waals surface area contributed by atoms with Crippen molar-refractivity contribution >= 4 is 23.0 Å². The quantitative estimate of drug-likeness (QED) is 0.348. The number of aromatic nitrogens is 2. The summed E-state index contributed by atoms with van der Waals surface area (Å²) in [6.45, 7) is 2.42. The molecule has 0 unspecified atom stereocenters. The fourth-order valence-corrected chi connectivity index (χ4v) is 3.30. The van der Waals surface area contributed by atoms with E-state index in [9.17, 15) is 4.79 Å². The molecule has 7 nitrogen and oxygen atoms in total. The van der Waals surface area contributed by atoms with Gasteiger partial charge in [-0.1, -0.05) is 18.2 Å². The first-order valence-corrected chi connectivity index (χ1v) is 10.1. The van der Waals surface area contributed by atoms with Gasteiger partial charge in [0.2, 0.25) is 0 Å². The summed E-state index contributed by atoms with van der Waals surface area (Å²) in [6, 6.07) is 18.4. The van der Waals surface area contributed by atoms with Crippen LogP contribution in [-0.2, 0) is 0 Å². The van der Waals surface area contributed by atoms with Crippen molar-refractivity contribution < 1.29 is 14.3 Å². The van der Waals surface area contributed by atoms with E-state index >= 15 is 0 Å². The molecule has 0 saturated carbocycles. The van der Waals surface area contributed by atoms with Gasteiger partial charge >= 0.3 is 0 Å². The third-order valence-corrected chi connectivity index (χ3v) is 4.80. The van der Waals surface area contributed by atoms with E-state index in [-0.39, 0.29) is 5.91 Å². The molecule has 4 rings (SSSR count). The number of para-hydroxylation sites is 1. The number of hydrazone groups is 1. The Bertz CT molecular complexity index is 1270. The monoisotopic (exact) mass is 426 g/mol. The van der Waals surface area contributed by atoms with E-state index in [1.807, 2.05) is 49.4 Å². The molecule has 2 aromatic heterocycles. The number of hydrogen-bond acceptors (Lipinski definition) is 6. The first-order valence-electron chi connectivity index (χ1n) is 10.1. The molecule has 0 atom stereocenters. The van der Waals surface area contributed by atoms with Gasteiger partial charge in [0.1, 0.15) is 0 Å². The maximum atomic E-state index is 13.0. The Morgan fingerprint density at radius 3 is 2.66 bits per heavy atom. The van der Waals surface area contributed by atoms with E-state index in [1.54, 1.807) is 43.9 Å². The highest BCUT2D eigenvalue weighted by Crippen LogP contribution is 2.27. The number of amides is 1. The van der Waals surface area contributed by atoms with Crippen LogP contribution in [0, 0.1) is 0 Å². The van der Waals surface area contributed by atoms with E-state index in [2.05, 4.69) is 20.5 Å². The Labute approximate surface area is 185 Å². The Hall–Kier alpha value is -4.26. The molecule has 4 aromatic rings. The van der Waals surface area contributed by atoms with Crippen molar-refractivity contribution in [1.82, 2.24) is 15.4 Å². The molecule has 0 saturated heterocycles. The van der Waals surface area contributed by atoms with Crippen LogP contribution in [0.2, 0.25) is 0 Å². The molecule has 0 fully saturated rings. The molecular formula is C25H22N4O3. The van der Waals surface area contributed by atoms with E-state index < -0.39 is 0 Å². The van der Waals surface area contributed by atoms with Crippen LogP contribution < -0.4 is 14.9 Å². The zero-order valence-corrected chi connectivity index (χ0v) is 17.8. The van der Waals surface area contributed by atoms with Crippen molar-refractivity contribution in [2.45, 2.75) is 6.92 Å². The molecule has 1 N–H and O–H groups in total. The molecule has 0 aliphatic rings. The number of benzene rings is 2. The lowest BCUT2D eigenvalue weighted by atomic mass is 10.0. The number of fused-ring (bicyclic) bond motifs is 1. The number of methoxy groups -OCH3 is 1. The summed E-state index contributed by atoms with van der Waals surface area (Å²) in [5.74, 6) is 0.932. The highest BCUT2D eigenvalue weighted by molar-refractivity contribution is 6.07. The fraction of sp³-hybridized carbons (Fsp3) is 0.120. The van der Waals surface area contributed by atoms with Gasteiger partial charge in [-0.2, -0.15) is 5.10 Å². The summed E-state index contributed by atoms with van der Waals surface area (Å²) in [4.78, 5) is 21.7. The first-order chi connectivity index (χ1) is 15.7. The SMILES string of the molecule is CCOc1cc(/C=N/NC(=O)c2cc(-c3ccncc3)nc3ccccc23)ccc1OC. The number of rotatable bonds is 7. The van der Waals surface area contributed by atoms with Gasteiger partial charge in [0, 0.05) is 23.3 Å². The second kappa shape index (κ2) is 9.70. The van der Waals surface area contributed by atoms with E-state index in [0.717, 1.165) is 22.0 Å². The molecule has 1 amide bonds. The van der Waals surface area contributed by atoms with Crippen LogP contribution in [0.3, 0.4) is 0 Å². The standard InChI is InChI=1S/C25H22N4O3/c1-3-32-24-14-17(8-9-23(24)31-2)16-27-29-25(30)20-15-22(18-10-12-26-13-11-18)28-21-7-5-4-6-19(20)21/h4-16H,3H2,1-2H3,(H,29,30)/b27-16+. The number of ether oxygens (including phenoxy) is 2. The molecule has 0 aliphatic carbocycles. The zero-order valence-electron chi connectivity index (χ0n) is 17.8. The second-order valence-electron chi connectivity index (χ2n) is 6.85. The van der Waals surface area contributed by atoms with E-state index in [4.69, 9.17) is 9.47 Å². The lowest BCUT2D eigenvalue weighted by Gasteiger charge is -2.10. The summed E-state index contributed by atoms with van der Waals surface area (Å²) >= 11 is 0. The number of nitrogens with zero attached hydrogens (tertiary/aromatic N) is 3. The minimum Gasteiger partial charge on any atom is -0.493 e. The lowest BCUT2D eigenvalue weighted by Crippen LogP contribution is -2.18. The maximum absolute atomic E-state index is 13.0. The maximum Gasteiger partial charge on any atom is 0.272 e. The van der Waals surface area contributed by atoms with Crippen LogP contribution in [0.5, 0.6) is 11.5 Å². The van der Waals surface area contributed by atoms with Gasteiger partial charge in [-0.25, -0.2) is 10.4 Å². The van der Waals surface area contributed by atoms with Crippen LogP contribution in [0.25, 0.3) is 22.2 Å². The van der Waals surface area contributed by atoms with Gasteiger partial charge in [0.05, 0.1) is 36.7 Å². The second-order valence-corrected chi connectivity index (χ2v) is 6.85. The molecule has 0 spiro atoms. The van der Waals surface area contributed by atoms with E-state index in [0.29, 0.717) is 29.4 Å². The smallest absolute Gasteiger partial charge is 0.272 e. The van der Waals surface area contributed by atoms with Crippen molar-refractivity contribution in [2.75, 3.05) is 13.7 Å². The van der Waals surface area contributed by atoms with Crippen molar-refractivity contribution in [1.29, 1.82) is 0 Å². The Morgan fingerprint density at radius 2 is 1.88 bits per heavy atom. The zero-order chi connectivity index (χ0) is 22.3. The van der Waals surface area contributed by atoms with Crippen molar-refractivity contribution in [2.24, 2.45) is 5.10 Å². The van der Waals surface area contributed by atoms with Crippen molar-refractivity contribution in [3.63, 3.8) is 0 Å². The van der Waals surface area contributed by atoms with E-state index in [1.165, 1.54) is 0 Å². The summed E-state index contributed by atoms with van der Waals surface area (Å²) < 4.78 is 10.9. The molecule has 0 aliphatic heterocycles. The minimum atomic E-state index is -0.325. The van der Waals surface area contributed by atoms with Gasteiger partial charge in [-0.3, -0.25) is 9.78 Å². The largest absolute Gasteiger partial charge is 0.493 e. The lowest BCUT2D eigenvalue weighted by molar-refractivity contribution is 0.0956. The van der Waals surface area contributed by atoms with Gasteiger partial charge in [-0.15, -0.1) is 0 Å².